The highest BCUT2D eigenvalue weighted by molar-refractivity contribution is 5.79. The fourth-order valence-electron chi connectivity index (χ4n) is 4.10. The van der Waals surface area contributed by atoms with E-state index in [4.69, 9.17) is 0 Å². The van der Waals surface area contributed by atoms with Crippen LogP contribution >= 0.6 is 0 Å². The van der Waals surface area contributed by atoms with Crippen LogP contribution < -0.4 is 0 Å². The van der Waals surface area contributed by atoms with Crippen LogP contribution in [0.3, 0.4) is 0 Å². The van der Waals surface area contributed by atoms with E-state index in [1.54, 1.807) is 0 Å². The van der Waals surface area contributed by atoms with Gasteiger partial charge in [-0.1, -0.05) is 27.2 Å². The van der Waals surface area contributed by atoms with E-state index in [0.29, 0.717) is 17.1 Å². The number of carbonyl (C=O) groups is 1. The van der Waals surface area contributed by atoms with Gasteiger partial charge in [-0.3, -0.25) is 4.79 Å². The molecule has 15 heavy (non-hydrogen) atoms. The minimum absolute atomic E-state index is 0.397. The van der Waals surface area contributed by atoms with Crippen molar-refractivity contribution in [2.75, 3.05) is 0 Å². The molecule has 2 rings (SSSR count). The Bertz CT molecular complexity index is 254. The molecule has 0 saturated heterocycles. The Morgan fingerprint density at radius 1 is 1.27 bits per heavy atom. The number of hydrogen-bond donors (Lipinski definition) is 0. The third-order valence-electron chi connectivity index (χ3n) is 5.20. The molecule has 0 N–H and O–H groups in total. The smallest absolute Gasteiger partial charge is 0.133 e. The predicted molar refractivity (Wildman–Crippen MR) is 62.6 cm³/mol. The largest absolute Gasteiger partial charge is 0.300 e. The van der Waals surface area contributed by atoms with Crippen molar-refractivity contribution in [1.29, 1.82) is 0 Å². The minimum atomic E-state index is 0.397. The number of rotatable bonds is 1. The van der Waals surface area contributed by atoms with E-state index in [9.17, 15) is 4.79 Å². The maximum atomic E-state index is 11.6. The standard InChI is InChI=1S/C14H24O/c1-4-11-7-5-10-6-8-12(15)9-13(10)14(11,2)3/h10-11,13H,4-9H2,1-3H3/t10-,11+,13-/m1/s1. The first-order valence-corrected chi connectivity index (χ1v) is 6.57. The van der Waals surface area contributed by atoms with Crippen LogP contribution in [0.15, 0.2) is 0 Å². The summed E-state index contributed by atoms with van der Waals surface area (Å²) in [5.41, 5.74) is 0.397. The van der Waals surface area contributed by atoms with Gasteiger partial charge in [0.25, 0.3) is 0 Å². The van der Waals surface area contributed by atoms with Crippen LogP contribution in [0.1, 0.15) is 59.3 Å². The number of Topliss-reactive ketones (excluding diaryl/α,β-unsaturated/α-hetero) is 1. The second-order valence-corrected chi connectivity index (χ2v) is 6.15. The van der Waals surface area contributed by atoms with Gasteiger partial charge in [-0.05, 0) is 42.4 Å². The van der Waals surface area contributed by atoms with Gasteiger partial charge < -0.3 is 0 Å². The van der Waals surface area contributed by atoms with Gasteiger partial charge in [-0.25, -0.2) is 0 Å². The van der Waals surface area contributed by atoms with E-state index in [1.165, 1.54) is 25.7 Å². The summed E-state index contributed by atoms with van der Waals surface area (Å²) < 4.78 is 0. The number of hydrogen-bond acceptors (Lipinski definition) is 1. The van der Waals surface area contributed by atoms with E-state index >= 15 is 0 Å². The highest BCUT2D eigenvalue weighted by Gasteiger charge is 2.46. The van der Waals surface area contributed by atoms with Gasteiger partial charge in [0.1, 0.15) is 5.78 Å². The molecular weight excluding hydrogens is 184 g/mol. The zero-order valence-corrected chi connectivity index (χ0v) is 10.4. The maximum Gasteiger partial charge on any atom is 0.133 e. The summed E-state index contributed by atoms with van der Waals surface area (Å²) in [6, 6.07) is 0. The average Bonchev–Trinajstić information content (AvgIpc) is 2.19. The lowest BCUT2D eigenvalue weighted by atomic mass is 9.54. The van der Waals surface area contributed by atoms with Crippen LogP contribution in [0.4, 0.5) is 0 Å². The fourth-order valence-corrected chi connectivity index (χ4v) is 4.10. The number of ketones is 1. The lowest BCUT2D eigenvalue weighted by Gasteiger charge is -2.51. The molecule has 0 unspecified atom stereocenters. The summed E-state index contributed by atoms with van der Waals surface area (Å²) in [5.74, 6) is 2.88. The highest BCUT2D eigenvalue weighted by Crippen LogP contribution is 2.53. The summed E-state index contributed by atoms with van der Waals surface area (Å²) in [6.45, 7) is 7.10. The Balaban J connectivity index is 2.18. The fraction of sp³-hybridized carbons (Fsp3) is 0.929. The molecule has 1 heteroatoms. The van der Waals surface area contributed by atoms with Crippen molar-refractivity contribution >= 4 is 5.78 Å². The normalized spacial score (nSPS) is 39.9. The minimum Gasteiger partial charge on any atom is -0.300 e. The lowest BCUT2D eigenvalue weighted by Crippen LogP contribution is -2.44. The van der Waals surface area contributed by atoms with Crippen molar-refractivity contribution in [3.05, 3.63) is 0 Å². The van der Waals surface area contributed by atoms with Crippen LogP contribution in [-0.2, 0) is 4.79 Å². The molecule has 0 amide bonds. The van der Waals surface area contributed by atoms with Crippen LogP contribution in [0.2, 0.25) is 0 Å². The van der Waals surface area contributed by atoms with Gasteiger partial charge in [0.05, 0.1) is 0 Å². The summed E-state index contributed by atoms with van der Waals surface area (Å²) in [7, 11) is 0. The molecule has 0 aromatic heterocycles. The van der Waals surface area contributed by atoms with E-state index in [2.05, 4.69) is 20.8 Å². The molecule has 86 valence electrons. The van der Waals surface area contributed by atoms with E-state index in [-0.39, 0.29) is 0 Å². The summed E-state index contributed by atoms with van der Waals surface area (Å²) in [5, 5.41) is 0. The third kappa shape index (κ3) is 1.86. The molecule has 0 aromatic rings. The molecule has 0 aromatic carbocycles. The van der Waals surface area contributed by atoms with Crippen molar-refractivity contribution in [1.82, 2.24) is 0 Å². The van der Waals surface area contributed by atoms with E-state index in [1.807, 2.05) is 0 Å². The van der Waals surface area contributed by atoms with Gasteiger partial charge in [0.15, 0.2) is 0 Å². The Labute approximate surface area is 93.6 Å². The topological polar surface area (TPSA) is 17.1 Å². The molecule has 0 bridgehead atoms. The van der Waals surface area contributed by atoms with Gasteiger partial charge in [0, 0.05) is 12.8 Å². The van der Waals surface area contributed by atoms with Gasteiger partial charge in [0.2, 0.25) is 0 Å². The van der Waals surface area contributed by atoms with Crippen molar-refractivity contribution in [3.8, 4) is 0 Å². The maximum absolute atomic E-state index is 11.6. The van der Waals surface area contributed by atoms with E-state index < -0.39 is 0 Å². The number of carbonyl (C=O) groups excluding carboxylic acids is 1. The molecule has 3 atom stereocenters. The quantitative estimate of drug-likeness (QED) is 0.640. The molecule has 2 aliphatic rings. The second-order valence-electron chi connectivity index (χ2n) is 6.15. The average molecular weight is 208 g/mol. The van der Waals surface area contributed by atoms with Crippen LogP contribution in [0, 0.1) is 23.2 Å². The monoisotopic (exact) mass is 208 g/mol. The molecule has 2 fully saturated rings. The van der Waals surface area contributed by atoms with Crippen LogP contribution in [0.5, 0.6) is 0 Å². The van der Waals surface area contributed by atoms with Crippen LogP contribution in [-0.4, -0.2) is 5.78 Å². The Kier molecular flexibility index (Phi) is 2.92. The zero-order valence-electron chi connectivity index (χ0n) is 10.4. The Hall–Kier alpha value is -0.330. The molecule has 0 radical (unpaired) electrons. The molecule has 1 nitrogen and oxygen atoms in total. The third-order valence-corrected chi connectivity index (χ3v) is 5.20. The molecular formula is C14H24O. The Morgan fingerprint density at radius 3 is 2.67 bits per heavy atom. The molecule has 2 saturated carbocycles. The second kappa shape index (κ2) is 3.92. The zero-order chi connectivity index (χ0) is 11.1. The van der Waals surface area contributed by atoms with Gasteiger partial charge in [-0.2, -0.15) is 0 Å². The molecule has 0 heterocycles. The first-order valence-electron chi connectivity index (χ1n) is 6.57. The molecule has 0 spiro atoms. The van der Waals surface area contributed by atoms with Crippen molar-refractivity contribution in [3.63, 3.8) is 0 Å². The van der Waals surface area contributed by atoms with Crippen molar-refractivity contribution in [2.45, 2.75) is 59.3 Å². The number of fused-ring (bicyclic) bond motifs is 1. The SMILES string of the molecule is CC[C@H]1CC[C@@H]2CCC(=O)C[C@H]2C1(C)C. The first-order chi connectivity index (χ1) is 7.05. The van der Waals surface area contributed by atoms with Crippen molar-refractivity contribution < 1.29 is 4.79 Å². The molecule has 2 aliphatic carbocycles. The highest BCUT2D eigenvalue weighted by atomic mass is 16.1. The van der Waals surface area contributed by atoms with Gasteiger partial charge in [-0.15, -0.1) is 0 Å². The summed E-state index contributed by atoms with van der Waals surface area (Å²) in [4.78, 5) is 11.6. The molecule has 0 aliphatic heterocycles. The summed E-state index contributed by atoms with van der Waals surface area (Å²) >= 11 is 0. The predicted octanol–water partition coefficient (Wildman–Crippen LogP) is 3.82. The van der Waals surface area contributed by atoms with Crippen LogP contribution in [0.25, 0.3) is 0 Å². The first kappa shape index (κ1) is 11.2. The Morgan fingerprint density at radius 2 is 2.00 bits per heavy atom. The summed E-state index contributed by atoms with van der Waals surface area (Å²) in [6.07, 6.45) is 6.94. The van der Waals surface area contributed by atoms with Gasteiger partial charge >= 0.3 is 0 Å². The van der Waals surface area contributed by atoms with E-state index in [0.717, 1.165) is 24.7 Å². The van der Waals surface area contributed by atoms with Crippen molar-refractivity contribution in [2.24, 2.45) is 23.2 Å². The lowest BCUT2D eigenvalue weighted by molar-refractivity contribution is -0.127.